The highest BCUT2D eigenvalue weighted by atomic mass is 16.3. The van der Waals surface area contributed by atoms with Crippen LogP contribution in [-0.2, 0) is 0 Å². The number of hydrogen-bond donors (Lipinski definition) is 2. The fraction of sp³-hybridized carbons (Fsp3) is 0.750. The summed E-state index contributed by atoms with van der Waals surface area (Å²) in [6.07, 6.45) is -0.401. The molecular weight excluding hydrogens is 126 g/mol. The number of rotatable bonds is 4. The topological polar surface area (TPSA) is 32.3 Å². The van der Waals surface area contributed by atoms with Gasteiger partial charge in [0.25, 0.3) is 0 Å². The average Bonchev–Trinajstić information content (AvgIpc) is 1.82. The summed E-state index contributed by atoms with van der Waals surface area (Å²) in [7, 11) is 0. The maximum Gasteiger partial charge on any atom is 0.0869 e. The fourth-order valence-corrected chi connectivity index (χ4v) is 0.522. The Morgan fingerprint density at radius 1 is 1.60 bits per heavy atom. The summed E-state index contributed by atoms with van der Waals surface area (Å²) in [5.74, 6) is 0. The lowest BCUT2D eigenvalue weighted by atomic mass is 10.2. The molecule has 2 N–H and O–H groups in total. The molecule has 0 amide bonds. The average molecular weight is 143 g/mol. The molecule has 0 aromatic heterocycles. The third-order valence-electron chi connectivity index (χ3n) is 1.29. The first kappa shape index (κ1) is 9.66. The van der Waals surface area contributed by atoms with Crippen molar-refractivity contribution in [2.45, 2.75) is 32.9 Å². The quantitative estimate of drug-likeness (QED) is 0.574. The molecule has 0 saturated heterocycles. The number of hydrogen-bond acceptors (Lipinski definition) is 2. The molecule has 10 heavy (non-hydrogen) atoms. The Bertz CT molecular complexity index is 110. The summed E-state index contributed by atoms with van der Waals surface area (Å²) in [6.45, 7) is 10.2. The van der Waals surface area contributed by atoms with E-state index < -0.39 is 6.10 Å². The lowest BCUT2D eigenvalue weighted by molar-refractivity contribution is 0.204. The second-order valence-corrected chi connectivity index (χ2v) is 2.93. The minimum Gasteiger partial charge on any atom is -0.387 e. The molecule has 2 nitrogen and oxygen atoms in total. The third kappa shape index (κ3) is 4.53. The molecule has 0 radical (unpaired) electrons. The van der Waals surface area contributed by atoms with Crippen molar-refractivity contribution in [3.05, 3.63) is 12.2 Å². The third-order valence-corrected chi connectivity index (χ3v) is 1.29. The summed E-state index contributed by atoms with van der Waals surface area (Å²) >= 11 is 0. The lowest BCUT2D eigenvalue weighted by Crippen LogP contribution is -2.32. The first-order chi connectivity index (χ1) is 4.54. The van der Waals surface area contributed by atoms with Gasteiger partial charge in [0.05, 0.1) is 6.10 Å². The van der Waals surface area contributed by atoms with Crippen LogP contribution >= 0.6 is 0 Å². The van der Waals surface area contributed by atoms with E-state index in [-0.39, 0.29) is 0 Å². The number of nitrogens with one attached hydrogen (secondary N) is 1. The zero-order valence-electron chi connectivity index (χ0n) is 7.02. The van der Waals surface area contributed by atoms with Crippen LogP contribution in [0.25, 0.3) is 0 Å². The van der Waals surface area contributed by atoms with Gasteiger partial charge in [0, 0.05) is 12.6 Å². The highest BCUT2D eigenvalue weighted by molar-refractivity contribution is 4.97. The zero-order chi connectivity index (χ0) is 8.15. The van der Waals surface area contributed by atoms with Crippen LogP contribution in [0, 0.1) is 0 Å². The van der Waals surface area contributed by atoms with E-state index in [1.54, 1.807) is 0 Å². The van der Waals surface area contributed by atoms with Gasteiger partial charge in [0.15, 0.2) is 0 Å². The number of aliphatic hydroxyl groups excluding tert-OH is 1. The van der Waals surface area contributed by atoms with E-state index in [4.69, 9.17) is 0 Å². The molecule has 2 heteroatoms. The van der Waals surface area contributed by atoms with Gasteiger partial charge in [0.1, 0.15) is 0 Å². The SMILES string of the molecule is C=C(C)C(O)CNC(C)C. The van der Waals surface area contributed by atoms with Crippen molar-refractivity contribution in [2.24, 2.45) is 0 Å². The Morgan fingerprint density at radius 3 is 2.40 bits per heavy atom. The minimum atomic E-state index is -0.401. The van der Waals surface area contributed by atoms with Gasteiger partial charge in [-0.25, -0.2) is 0 Å². The van der Waals surface area contributed by atoms with Crippen LogP contribution < -0.4 is 5.32 Å². The van der Waals surface area contributed by atoms with E-state index in [1.165, 1.54) is 0 Å². The Labute approximate surface area is 62.9 Å². The van der Waals surface area contributed by atoms with E-state index in [9.17, 15) is 5.11 Å². The van der Waals surface area contributed by atoms with Crippen LogP contribution in [0.5, 0.6) is 0 Å². The van der Waals surface area contributed by atoms with Gasteiger partial charge in [-0.2, -0.15) is 0 Å². The summed E-state index contributed by atoms with van der Waals surface area (Å²) in [5, 5.41) is 12.3. The minimum absolute atomic E-state index is 0.401. The highest BCUT2D eigenvalue weighted by Crippen LogP contribution is 1.95. The molecule has 0 heterocycles. The molecule has 0 rings (SSSR count). The van der Waals surface area contributed by atoms with Crippen molar-refractivity contribution in [3.8, 4) is 0 Å². The van der Waals surface area contributed by atoms with E-state index in [1.807, 2.05) is 20.8 Å². The van der Waals surface area contributed by atoms with Crippen LogP contribution in [0.4, 0.5) is 0 Å². The molecule has 0 fully saturated rings. The molecule has 0 spiro atoms. The molecular formula is C8H17NO. The molecule has 0 aliphatic rings. The molecule has 0 aliphatic carbocycles. The highest BCUT2D eigenvalue weighted by Gasteiger charge is 2.03. The van der Waals surface area contributed by atoms with Crippen molar-refractivity contribution < 1.29 is 5.11 Å². The second-order valence-electron chi connectivity index (χ2n) is 2.93. The van der Waals surface area contributed by atoms with Crippen molar-refractivity contribution in [2.75, 3.05) is 6.54 Å². The predicted octanol–water partition coefficient (Wildman–Crippen LogP) is 0.921. The maximum atomic E-state index is 9.21. The van der Waals surface area contributed by atoms with Crippen molar-refractivity contribution in [1.82, 2.24) is 5.32 Å². The summed E-state index contributed by atoms with van der Waals surface area (Å²) in [4.78, 5) is 0. The van der Waals surface area contributed by atoms with E-state index in [2.05, 4.69) is 11.9 Å². The Morgan fingerprint density at radius 2 is 2.10 bits per heavy atom. The standard InChI is InChI=1S/C8H17NO/c1-6(2)8(10)5-9-7(3)4/h7-10H,1,5H2,2-4H3. The van der Waals surface area contributed by atoms with Crippen molar-refractivity contribution in [3.63, 3.8) is 0 Å². The Hall–Kier alpha value is -0.340. The van der Waals surface area contributed by atoms with E-state index >= 15 is 0 Å². The van der Waals surface area contributed by atoms with Gasteiger partial charge in [0.2, 0.25) is 0 Å². The smallest absolute Gasteiger partial charge is 0.0869 e. The fourth-order valence-electron chi connectivity index (χ4n) is 0.522. The molecule has 0 aliphatic heterocycles. The molecule has 0 saturated carbocycles. The lowest BCUT2D eigenvalue weighted by Gasteiger charge is -2.13. The zero-order valence-corrected chi connectivity index (χ0v) is 7.02. The molecule has 1 atom stereocenters. The second kappa shape index (κ2) is 4.47. The van der Waals surface area contributed by atoms with Gasteiger partial charge in [-0.15, -0.1) is 0 Å². The van der Waals surface area contributed by atoms with Crippen LogP contribution in [-0.4, -0.2) is 23.8 Å². The van der Waals surface area contributed by atoms with E-state index in [0.717, 1.165) is 5.57 Å². The van der Waals surface area contributed by atoms with Gasteiger partial charge < -0.3 is 10.4 Å². The maximum absolute atomic E-state index is 9.21. The Kier molecular flexibility index (Phi) is 4.32. The summed E-state index contributed by atoms with van der Waals surface area (Å²) in [6, 6.07) is 0.425. The molecule has 1 unspecified atom stereocenters. The van der Waals surface area contributed by atoms with Crippen LogP contribution in [0.1, 0.15) is 20.8 Å². The largest absolute Gasteiger partial charge is 0.387 e. The molecule has 0 aromatic rings. The van der Waals surface area contributed by atoms with Crippen molar-refractivity contribution >= 4 is 0 Å². The van der Waals surface area contributed by atoms with E-state index in [0.29, 0.717) is 12.6 Å². The van der Waals surface area contributed by atoms with Crippen molar-refractivity contribution in [1.29, 1.82) is 0 Å². The van der Waals surface area contributed by atoms with Crippen LogP contribution in [0.15, 0.2) is 12.2 Å². The molecule has 0 aromatic carbocycles. The normalized spacial score (nSPS) is 13.7. The predicted molar refractivity (Wildman–Crippen MR) is 44.0 cm³/mol. The first-order valence-corrected chi connectivity index (χ1v) is 3.61. The van der Waals surface area contributed by atoms with Gasteiger partial charge in [-0.05, 0) is 6.92 Å². The number of aliphatic hydroxyl groups is 1. The van der Waals surface area contributed by atoms with Crippen LogP contribution in [0.3, 0.4) is 0 Å². The molecule has 0 bridgehead atoms. The molecule has 60 valence electrons. The monoisotopic (exact) mass is 143 g/mol. The van der Waals surface area contributed by atoms with Gasteiger partial charge in [-0.1, -0.05) is 26.0 Å². The first-order valence-electron chi connectivity index (χ1n) is 3.61. The Balaban J connectivity index is 3.40. The summed E-state index contributed by atoms with van der Waals surface area (Å²) in [5.41, 5.74) is 0.813. The van der Waals surface area contributed by atoms with Gasteiger partial charge >= 0.3 is 0 Å². The van der Waals surface area contributed by atoms with Crippen LogP contribution in [0.2, 0.25) is 0 Å². The summed E-state index contributed by atoms with van der Waals surface area (Å²) < 4.78 is 0. The van der Waals surface area contributed by atoms with Gasteiger partial charge in [-0.3, -0.25) is 0 Å².